The number of amides is 1. The molecular weight excluding hydrogens is 254 g/mol. The summed E-state index contributed by atoms with van der Waals surface area (Å²) in [5.74, 6) is -0.205. The SMILES string of the molecule is CN(Cc1cn[nH]c1)C(=O)c1ccc(O)c(Cl)c1. The van der Waals surface area contributed by atoms with Gasteiger partial charge in [0.2, 0.25) is 0 Å². The number of phenolic OH excluding ortho intramolecular Hbond substituents is 1. The highest BCUT2D eigenvalue weighted by atomic mass is 35.5. The van der Waals surface area contributed by atoms with Gasteiger partial charge in [-0.05, 0) is 18.2 Å². The molecule has 2 aromatic rings. The fourth-order valence-corrected chi connectivity index (χ4v) is 1.75. The Morgan fingerprint density at radius 3 is 2.94 bits per heavy atom. The monoisotopic (exact) mass is 265 g/mol. The maximum absolute atomic E-state index is 12.1. The molecule has 0 atom stereocenters. The minimum atomic E-state index is -0.168. The molecule has 1 aromatic carbocycles. The normalized spacial score (nSPS) is 10.3. The van der Waals surface area contributed by atoms with E-state index in [0.717, 1.165) is 5.56 Å². The Hall–Kier alpha value is -2.01. The van der Waals surface area contributed by atoms with Crippen LogP contribution in [-0.2, 0) is 6.54 Å². The van der Waals surface area contributed by atoms with E-state index in [-0.39, 0.29) is 16.7 Å². The summed E-state index contributed by atoms with van der Waals surface area (Å²) in [7, 11) is 1.69. The molecule has 0 bridgehead atoms. The van der Waals surface area contributed by atoms with E-state index >= 15 is 0 Å². The molecular formula is C12H12ClN3O2. The van der Waals surface area contributed by atoms with Crippen molar-refractivity contribution in [3.05, 3.63) is 46.7 Å². The maximum Gasteiger partial charge on any atom is 0.253 e. The maximum atomic E-state index is 12.1. The zero-order valence-electron chi connectivity index (χ0n) is 9.72. The fraction of sp³-hybridized carbons (Fsp3) is 0.167. The highest BCUT2D eigenvalue weighted by Gasteiger charge is 2.13. The summed E-state index contributed by atoms with van der Waals surface area (Å²) in [5.41, 5.74) is 1.35. The number of nitrogens with one attached hydrogen (secondary N) is 1. The number of rotatable bonds is 3. The Labute approximate surface area is 109 Å². The van der Waals surface area contributed by atoms with E-state index in [2.05, 4.69) is 10.2 Å². The molecule has 2 rings (SSSR count). The van der Waals surface area contributed by atoms with Crippen LogP contribution >= 0.6 is 11.6 Å². The molecule has 0 fully saturated rings. The molecule has 18 heavy (non-hydrogen) atoms. The summed E-state index contributed by atoms with van der Waals surface area (Å²) in [6.45, 7) is 0.452. The van der Waals surface area contributed by atoms with Crippen LogP contribution in [-0.4, -0.2) is 33.2 Å². The quantitative estimate of drug-likeness (QED) is 0.892. The standard InChI is InChI=1S/C12H12ClN3O2/c1-16(7-8-5-14-15-6-8)12(18)9-2-3-11(17)10(13)4-9/h2-6,17H,7H2,1H3,(H,14,15). The number of phenols is 1. The minimum Gasteiger partial charge on any atom is -0.506 e. The number of H-pyrrole nitrogens is 1. The van der Waals surface area contributed by atoms with Gasteiger partial charge in [-0.1, -0.05) is 11.6 Å². The van der Waals surface area contributed by atoms with E-state index in [1.54, 1.807) is 24.3 Å². The van der Waals surface area contributed by atoms with Crippen LogP contribution in [0.1, 0.15) is 15.9 Å². The first-order chi connectivity index (χ1) is 8.58. The molecule has 6 heteroatoms. The number of hydrogen-bond acceptors (Lipinski definition) is 3. The predicted octanol–water partition coefficient (Wildman–Crippen LogP) is 2.04. The lowest BCUT2D eigenvalue weighted by Gasteiger charge is -2.16. The summed E-state index contributed by atoms with van der Waals surface area (Å²) in [6, 6.07) is 4.39. The smallest absolute Gasteiger partial charge is 0.253 e. The Bertz CT molecular complexity index is 554. The first-order valence-electron chi connectivity index (χ1n) is 5.29. The van der Waals surface area contributed by atoms with Gasteiger partial charge < -0.3 is 10.0 Å². The number of aromatic hydroxyl groups is 1. The first-order valence-corrected chi connectivity index (χ1v) is 5.67. The molecule has 1 amide bonds. The average Bonchev–Trinajstić information content (AvgIpc) is 2.84. The number of carbonyl (C=O) groups excluding carboxylic acids is 1. The van der Waals surface area contributed by atoms with E-state index < -0.39 is 0 Å². The average molecular weight is 266 g/mol. The summed E-state index contributed by atoms with van der Waals surface area (Å²) in [6.07, 6.45) is 3.39. The van der Waals surface area contributed by atoms with Crippen molar-refractivity contribution in [2.75, 3.05) is 7.05 Å². The van der Waals surface area contributed by atoms with Crippen molar-refractivity contribution in [2.24, 2.45) is 0 Å². The van der Waals surface area contributed by atoms with Gasteiger partial charge >= 0.3 is 0 Å². The lowest BCUT2D eigenvalue weighted by Crippen LogP contribution is -2.25. The molecule has 0 spiro atoms. The van der Waals surface area contributed by atoms with Crippen molar-refractivity contribution in [1.82, 2.24) is 15.1 Å². The lowest BCUT2D eigenvalue weighted by molar-refractivity contribution is 0.0785. The van der Waals surface area contributed by atoms with Crippen LogP contribution in [0.25, 0.3) is 0 Å². The van der Waals surface area contributed by atoms with Crippen molar-refractivity contribution in [2.45, 2.75) is 6.54 Å². The third-order valence-corrected chi connectivity index (χ3v) is 2.82. The number of benzene rings is 1. The van der Waals surface area contributed by atoms with Crippen molar-refractivity contribution in [1.29, 1.82) is 0 Å². The molecule has 0 aliphatic heterocycles. The highest BCUT2D eigenvalue weighted by molar-refractivity contribution is 6.32. The number of aromatic amines is 1. The Morgan fingerprint density at radius 1 is 1.56 bits per heavy atom. The van der Waals surface area contributed by atoms with E-state index in [1.165, 1.54) is 18.2 Å². The molecule has 1 aromatic heterocycles. The van der Waals surface area contributed by atoms with E-state index in [9.17, 15) is 9.90 Å². The van der Waals surface area contributed by atoms with Gasteiger partial charge in [0.25, 0.3) is 5.91 Å². The summed E-state index contributed by atoms with van der Waals surface area (Å²) in [5, 5.41) is 16.0. The number of carbonyl (C=O) groups is 1. The minimum absolute atomic E-state index is 0.0364. The molecule has 2 N–H and O–H groups in total. The van der Waals surface area contributed by atoms with E-state index in [4.69, 9.17) is 11.6 Å². The summed E-state index contributed by atoms with van der Waals surface area (Å²) >= 11 is 5.77. The fourth-order valence-electron chi connectivity index (χ4n) is 1.57. The van der Waals surface area contributed by atoms with Crippen LogP contribution in [0.15, 0.2) is 30.6 Å². The van der Waals surface area contributed by atoms with Crippen molar-refractivity contribution in [3.8, 4) is 5.75 Å². The lowest BCUT2D eigenvalue weighted by atomic mass is 10.2. The number of halogens is 1. The third kappa shape index (κ3) is 2.62. The molecule has 0 saturated carbocycles. The topological polar surface area (TPSA) is 69.2 Å². The van der Waals surface area contributed by atoms with Crippen LogP contribution in [0.4, 0.5) is 0 Å². The van der Waals surface area contributed by atoms with Crippen molar-refractivity contribution >= 4 is 17.5 Å². The van der Waals surface area contributed by atoms with Gasteiger partial charge in [0, 0.05) is 30.9 Å². The molecule has 5 nitrogen and oxygen atoms in total. The zero-order valence-corrected chi connectivity index (χ0v) is 10.5. The van der Waals surface area contributed by atoms with Gasteiger partial charge in [-0.25, -0.2) is 0 Å². The van der Waals surface area contributed by atoms with Crippen LogP contribution in [0.5, 0.6) is 5.75 Å². The van der Waals surface area contributed by atoms with Gasteiger partial charge in [0.05, 0.1) is 11.2 Å². The Morgan fingerprint density at radius 2 is 2.33 bits per heavy atom. The van der Waals surface area contributed by atoms with Crippen LogP contribution in [0.3, 0.4) is 0 Å². The van der Waals surface area contributed by atoms with Gasteiger partial charge in [-0.2, -0.15) is 5.10 Å². The molecule has 0 aliphatic rings. The number of hydrogen-bond donors (Lipinski definition) is 2. The highest BCUT2D eigenvalue weighted by Crippen LogP contribution is 2.24. The molecule has 0 aliphatic carbocycles. The predicted molar refractivity (Wildman–Crippen MR) is 67.5 cm³/mol. The number of nitrogens with zero attached hydrogens (tertiary/aromatic N) is 2. The summed E-state index contributed by atoms with van der Waals surface area (Å²) in [4.78, 5) is 13.6. The van der Waals surface area contributed by atoms with Gasteiger partial charge in [-0.3, -0.25) is 9.89 Å². The molecule has 0 saturated heterocycles. The van der Waals surface area contributed by atoms with Crippen molar-refractivity contribution in [3.63, 3.8) is 0 Å². The second-order valence-electron chi connectivity index (χ2n) is 3.93. The van der Waals surface area contributed by atoms with E-state index in [1.807, 2.05) is 0 Å². The molecule has 0 radical (unpaired) electrons. The van der Waals surface area contributed by atoms with Gasteiger partial charge in [0.1, 0.15) is 5.75 Å². The second-order valence-corrected chi connectivity index (χ2v) is 4.34. The van der Waals surface area contributed by atoms with Crippen LogP contribution in [0, 0.1) is 0 Å². The van der Waals surface area contributed by atoms with Gasteiger partial charge in [0.15, 0.2) is 0 Å². The van der Waals surface area contributed by atoms with Crippen LogP contribution < -0.4 is 0 Å². The van der Waals surface area contributed by atoms with Gasteiger partial charge in [-0.15, -0.1) is 0 Å². The molecule has 0 unspecified atom stereocenters. The van der Waals surface area contributed by atoms with Crippen LogP contribution in [0.2, 0.25) is 5.02 Å². The largest absolute Gasteiger partial charge is 0.506 e. The second kappa shape index (κ2) is 5.10. The molecule has 1 heterocycles. The van der Waals surface area contributed by atoms with E-state index in [0.29, 0.717) is 12.1 Å². The third-order valence-electron chi connectivity index (χ3n) is 2.52. The summed E-state index contributed by atoms with van der Waals surface area (Å²) < 4.78 is 0. The Kier molecular flexibility index (Phi) is 3.53. The number of aromatic nitrogens is 2. The van der Waals surface area contributed by atoms with Crippen molar-refractivity contribution < 1.29 is 9.90 Å². The Balaban J connectivity index is 2.12. The molecule has 94 valence electrons. The zero-order chi connectivity index (χ0) is 13.1. The first kappa shape index (κ1) is 12.4.